The van der Waals surface area contributed by atoms with Crippen molar-refractivity contribution in [3.05, 3.63) is 29.8 Å². The first-order chi connectivity index (χ1) is 17.6. The zero-order valence-electron chi connectivity index (χ0n) is 23.3. The third-order valence-electron chi connectivity index (χ3n) is 7.49. The first kappa shape index (κ1) is 30.2. The van der Waals surface area contributed by atoms with Crippen LogP contribution in [0.3, 0.4) is 0 Å². The molecule has 0 saturated carbocycles. The molecule has 2 amide bonds. The molecule has 0 unspecified atom stereocenters. The fourth-order valence-corrected chi connectivity index (χ4v) is 4.95. The SMILES string of the molecule is CCCCCCCCCCCCCCCCNC(=O)CNc1cccc(C(=O)N2CCC(C)CC2)c1. The van der Waals surface area contributed by atoms with E-state index in [1.807, 2.05) is 29.2 Å². The van der Waals surface area contributed by atoms with Gasteiger partial charge in [-0.2, -0.15) is 0 Å². The van der Waals surface area contributed by atoms with E-state index in [1.165, 1.54) is 83.5 Å². The number of likely N-dealkylation sites (tertiary alicyclic amines) is 1. The summed E-state index contributed by atoms with van der Waals surface area (Å²) in [6, 6.07) is 7.52. The van der Waals surface area contributed by atoms with E-state index in [0.717, 1.165) is 44.6 Å². The van der Waals surface area contributed by atoms with Crippen LogP contribution in [0, 0.1) is 5.92 Å². The zero-order valence-corrected chi connectivity index (χ0v) is 23.3. The molecule has 0 aliphatic carbocycles. The molecule has 204 valence electrons. The summed E-state index contributed by atoms with van der Waals surface area (Å²) >= 11 is 0. The van der Waals surface area contributed by atoms with Crippen LogP contribution in [0.15, 0.2) is 24.3 Å². The Morgan fingerprint density at radius 3 is 1.97 bits per heavy atom. The highest BCUT2D eigenvalue weighted by Crippen LogP contribution is 2.19. The Morgan fingerprint density at radius 1 is 0.833 bits per heavy atom. The van der Waals surface area contributed by atoms with Gasteiger partial charge in [0.05, 0.1) is 6.54 Å². The summed E-state index contributed by atoms with van der Waals surface area (Å²) in [7, 11) is 0. The third kappa shape index (κ3) is 13.3. The van der Waals surface area contributed by atoms with Gasteiger partial charge in [0.1, 0.15) is 0 Å². The van der Waals surface area contributed by atoms with Crippen molar-refractivity contribution < 1.29 is 9.59 Å². The minimum Gasteiger partial charge on any atom is -0.376 e. The Balaban J connectivity index is 1.45. The maximum absolute atomic E-state index is 12.8. The van der Waals surface area contributed by atoms with Gasteiger partial charge in [-0.25, -0.2) is 0 Å². The highest BCUT2D eigenvalue weighted by atomic mass is 16.2. The fraction of sp³-hybridized carbons (Fsp3) is 0.742. The van der Waals surface area contributed by atoms with Crippen LogP contribution in [-0.2, 0) is 4.79 Å². The zero-order chi connectivity index (χ0) is 25.8. The molecule has 36 heavy (non-hydrogen) atoms. The second-order valence-corrected chi connectivity index (χ2v) is 10.9. The molecule has 1 aromatic rings. The van der Waals surface area contributed by atoms with E-state index < -0.39 is 0 Å². The minimum atomic E-state index is 0.00596. The molecule has 2 N–H and O–H groups in total. The largest absolute Gasteiger partial charge is 0.376 e. The van der Waals surface area contributed by atoms with Gasteiger partial charge >= 0.3 is 0 Å². The van der Waals surface area contributed by atoms with E-state index in [-0.39, 0.29) is 18.4 Å². The van der Waals surface area contributed by atoms with Crippen molar-refractivity contribution in [3.63, 3.8) is 0 Å². The van der Waals surface area contributed by atoms with Crippen molar-refractivity contribution in [2.45, 2.75) is 117 Å². The lowest BCUT2D eigenvalue weighted by Crippen LogP contribution is -2.37. The summed E-state index contributed by atoms with van der Waals surface area (Å²) in [4.78, 5) is 26.9. The number of unbranched alkanes of at least 4 members (excludes halogenated alkanes) is 13. The normalized spacial score (nSPS) is 14.1. The molecule has 0 bridgehead atoms. The lowest BCUT2D eigenvalue weighted by Gasteiger charge is -2.30. The van der Waals surface area contributed by atoms with Crippen molar-refractivity contribution in [2.24, 2.45) is 5.92 Å². The average Bonchev–Trinajstić information content (AvgIpc) is 2.90. The van der Waals surface area contributed by atoms with Gasteiger partial charge in [0.15, 0.2) is 0 Å². The van der Waals surface area contributed by atoms with Crippen molar-refractivity contribution in [3.8, 4) is 0 Å². The van der Waals surface area contributed by atoms with Crippen LogP contribution in [0.5, 0.6) is 0 Å². The van der Waals surface area contributed by atoms with Crippen LogP contribution in [-0.4, -0.2) is 42.9 Å². The molecular weight excluding hydrogens is 446 g/mol. The Labute approximate surface area is 221 Å². The maximum atomic E-state index is 12.8. The number of nitrogens with one attached hydrogen (secondary N) is 2. The van der Waals surface area contributed by atoms with E-state index in [4.69, 9.17) is 0 Å². The molecule has 0 aromatic heterocycles. The number of rotatable bonds is 19. The topological polar surface area (TPSA) is 61.4 Å². The molecule has 1 aliphatic rings. The third-order valence-corrected chi connectivity index (χ3v) is 7.49. The van der Waals surface area contributed by atoms with Crippen LogP contribution < -0.4 is 10.6 Å². The van der Waals surface area contributed by atoms with Gasteiger partial charge in [-0.3, -0.25) is 9.59 Å². The maximum Gasteiger partial charge on any atom is 0.253 e. The van der Waals surface area contributed by atoms with Crippen LogP contribution in [0.1, 0.15) is 127 Å². The molecular formula is C31H53N3O2. The molecule has 0 spiro atoms. The Morgan fingerprint density at radius 2 is 1.39 bits per heavy atom. The number of nitrogens with zero attached hydrogens (tertiary/aromatic N) is 1. The molecule has 5 nitrogen and oxygen atoms in total. The average molecular weight is 500 g/mol. The van der Waals surface area contributed by atoms with Gasteiger partial charge in [-0.1, -0.05) is 103 Å². The second kappa shape index (κ2) is 19.1. The quantitative estimate of drug-likeness (QED) is 0.193. The van der Waals surface area contributed by atoms with E-state index in [2.05, 4.69) is 24.5 Å². The number of anilines is 1. The number of piperidine rings is 1. The first-order valence-corrected chi connectivity index (χ1v) is 15.0. The van der Waals surface area contributed by atoms with Crippen molar-refractivity contribution in [2.75, 3.05) is 31.5 Å². The molecule has 1 aliphatic heterocycles. The Kier molecular flexibility index (Phi) is 16.0. The molecule has 5 heteroatoms. The Bertz CT molecular complexity index is 728. The second-order valence-electron chi connectivity index (χ2n) is 10.9. The highest BCUT2D eigenvalue weighted by molar-refractivity contribution is 5.95. The molecule has 2 rings (SSSR count). The molecule has 1 heterocycles. The first-order valence-electron chi connectivity index (χ1n) is 15.0. The molecule has 0 radical (unpaired) electrons. The van der Waals surface area contributed by atoms with Crippen LogP contribution in [0.25, 0.3) is 0 Å². The summed E-state index contributed by atoms with van der Waals surface area (Å²) in [5.74, 6) is 0.796. The summed E-state index contributed by atoms with van der Waals surface area (Å²) in [6.07, 6.45) is 20.9. The highest BCUT2D eigenvalue weighted by Gasteiger charge is 2.21. The van der Waals surface area contributed by atoms with Gasteiger partial charge in [0, 0.05) is 30.9 Å². The van der Waals surface area contributed by atoms with E-state index in [0.29, 0.717) is 11.5 Å². The van der Waals surface area contributed by atoms with E-state index in [9.17, 15) is 9.59 Å². The van der Waals surface area contributed by atoms with Gasteiger partial charge in [-0.15, -0.1) is 0 Å². The predicted molar refractivity (Wildman–Crippen MR) is 153 cm³/mol. The van der Waals surface area contributed by atoms with Gasteiger partial charge in [0.25, 0.3) is 5.91 Å². The molecule has 1 aromatic carbocycles. The van der Waals surface area contributed by atoms with Crippen LogP contribution >= 0.6 is 0 Å². The lowest BCUT2D eigenvalue weighted by molar-refractivity contribution is -0.119. The van der Waals surface area contributed by atoms with Gasteiger partial charge in [0.2, 0.25) is 5.91 Å². The summed E-state index contributed by atoms with van der Waals surface area (Å²) in [5, 5.41) is 6.18. The van der Waals surface area contributed by atoms with Crippen molar-refractivity contribution in [1.82, 2.24) is 10.2 Å². The number of amides is 2. The smallest absolute Gasteiger partial charge is 0.253 e. The van der Waals surface area contributed by atoms with Crippen molar-refractivity contribution >= 4 is 17.5 Å². The number of benzene rings is 1. The van der Waals surface area contributed by atoms with E-state index in [1.54, 1.807) is 0 Å². The number of hydrogen-bond acceptors (Lipinski definition) is 3. The predicted octanol–water partition coefficient (Wildman–Crippen LogP) is 7.57. The fourth-order valence-electron chi connectivity index (χ4n) is 4.95. The molecule has 1 saturated heterocycles. The molecule has 0 atom stereocenters. The van der Waals surface area contributed by atoms with Crippen LogP contribution in [0.2, 0.25) is 0 Å². The van der Waals surface area contributed by atoms with Gasteiger partial charge < -0.3 is 15.5 Å². The van der Waals surface area contributed by atoms with Crippen LogP contribution in [0.4, 0.5) is 5.69 Å². The number of carbonyl (C=O) groups excluding carboxylic acids is 2. The monoisotopic (exact) mass is 499 g/mol. The van der Waals surface area contributed by atoms with Crippen molar-refractivity contribution in [1.29, 1.82) is 0 Å². The summed E-state index contributed by atoms with van der Waals surface area (Å²) in [5.41, 5.74) is 1.51. The Hall–Kier alpha value is -2.04. The summed E-state index contributed by atoms with van der Waals surface area (Å²) in [6.45, 7) is 7.16. The van der Waals surface area contributed by atoms with E-state index >= 15 is 0 Å². The lowest BCUT2D eigenvalue weighted by atomic mass is 9.98. The van der Waals surface area contributed by atoms with Gasteiger partial charge in [-0.05, 0) is 43.4 Å². The molecule has 1 fully saturated rings. The summed E-state index contributed by atoms with van der Waals surface area (Å²) < 4.78 is 0. The minimum absolute atomic E-state index is 0.00596. The standard InChI is InChI=1S/C31H53N3O2/c1-3-4-5-6-7-8-9-10-11-12-13-14-15-16-22-32-30(35)26-33-29-19-17-18-28(25-29)31(36)34-23-20-27(2)21-24-34/h17-19,25,27,33H,3-16,20-24,26H2,1-2H3,(H,32,35). The number of carbonyl (C=O) groups is 2. The number of hydrogen-bond donors (Lipinski definition) is 2.